The average Bonchev–Trinajstić information content (AvgIpc) is 2.58. The molecule has 0 saturated carbocycles. The fourth-order valence-electron chi connectivity index (χ4n) is 2.26. The molecule has 2 aromatic rings. The Bertz CT molecular complexity index is 849. The first-order valence-corrected chi connectivity index (χ1v) is 9.21. The van der Waals surface area contributed by atoms with Crippen LogP contribution in [0.3, 0.4) is 0 Å². The molecule has 142 valence electrons. The molecule has 9 heteroatoms. The van der Waals surface area contributed by atoms with E-state index in [0.29, 0.717) is 12.8 Å². The number of alkyl halides is 3. The molecule has 0 aromatic heterocycles. The zero-order valence-corrected chi connectivity index (χ0v) is 14.4. The van der Waals surface area contributed by atoms with Gasteiger partial charge in [0.15, 0.2) is 0 Å². The Morgan fingerprint density at radius 3 is 2.19 bits per heavy atom. The Balaban J connectivity index is 2.21. The van der Waals surface area contributed by atoms with E-state index < -0.39 is 27.6 Å². The monoisotopic (exact) mass is 391 g/mol. The van der Waals surface area contributed by atoms with Gasteiger partial charge in [-0.3, -0.25) is 0 Å². The van der Waals surface area contributed by atoms with Crippen LogP contribution in [0.4, 0.5) is 17.6 Å². The van der Waals surface area contributed by atoms with Crippen molar-refractivity contribution in [2.45, 2.75) is 23.9 Å². The van der Waals surface area contributed by atoms with Crippen molar-refractivity contribution in [3.05, 3.63) is 53.8 Å². The van der Waals surface area contributed by atoms with Gasteiger partial charge in [0, 0.05) is 18.7 Å². The molecule has 0 unspecified atom stereocenters. The highest BCUT2D eigenvalue weighted by Gasteiger charge is 2.30. The maximum Gasteiger partial charge on any atom is 0.416 e. The van der Waals surface area contributed by atoms with Crippen LogP contribution in [0.25, 0.3) is 11.1 Å². The van der Waals surface area contributed by atoms with E-state index in [1.54, 1.807) is 0 Å². The summed E-state index contributed by atoms with van der Waals surface area (Å²) >= 11 is 0. The second kappa shape index (κ2) is 8.15. The van der Waals surface area contributed by atoms with E-state index >= 15 is 0 Å². The summed E-state index contributed by atoms with van der Waals surface area (Å²) in [7, 11) is -3.91. The van der Waals surface area contributed by atoms with Gasteiger partial charge >= 0.3 is 6.18 Å². The molecule has 2 N–H and O–H groups in total. The van der Waals surface area contributed by atoms with Gasteiger partial charge in [-0.25, -0.2) is 17.5 Å². The van der Waals surface area contributed by atoms with Crippen molar-refractivity contribution in [3.8, 4) is 11.1 Å². The van der Waals surface area contributed by atoms with Gasteiger partial charge in [0.25, 0.3) is 0 Å². The first-order chi connectivity index (χ1) is 12.1. The van der Waals surface area contributed by atoms with Crippen LogP contribution in [0.2, 0.25) is 0 Å². The number of hydrogen-bond acceptors (Lipinski definition) is 3. The lowest BCUT2D eigenvalue weighted by atomic mass is 10.0. The van der Waals surface area contributed by atoms with Gasteiger partial charge in [-0.05, 0) is 42.7 Å². The van der Waals surface area contributed by atoms with E-state index in [2.05, 4.69) is 4.72 Å². The Morgan fingerprint density at radius 2 is 1.65 bits per heavy atom. The molecule has 0 saturated heterocycles. The zero-order valence-electron chi connectivity index (χ0n) is 13.6. The van der Waals surface area contributed by atoms with E-state index in [4.69, 9.17) is 5.11 Å². The number of hydrogen-bond donors (Lipinski definition) is 2. The highest BCUT2D eigenvalue weighted by atomic mass is 32.2. The fourth-order valence-corrected chi connectivity index (χ4v) is 3.35. The molecule has 0 bridgehead atoms. The van der Waals surface area contributed by atoms with E-state index in [1.165, 1.54) is 12.1 Å². The van der Waals surface area contributed by atoms with Gasteiger partial charge < -0.3 is 5.11 Å². The van der Waals surface area contributed by atoms with Gasteiger partial charge in [0.05, 0.1) is 10.5 Å². The molecule has 0 aliphatic rings. The topological polar surface area (TPSA) is 66.4 Å². The summed E-state index contributed by atoms with van der Waals surface area (Å²) in [6, 6.07) is 7.14. The second-order valence-electron chi connectivity index (χ2n) is 5.55. The summed E-state index contributed by atoms with van der Waals surface area (Å²) < 4.78 is 78.5. The molecule has 0 spiro atoms. The van der Waals surface area contributed by atoms with Crippen LogP contribution in [0.1, 0.15) is 18.4 Å². The first-order valence-electron chi connectivity index (χ1n) is 7.73. The second-order valence-corrected chi connectivity index (χ2v) is 7.31. The van der Waals surface area contributed by atoms with Gasteiger partial charge in [0.1, 0.15) is 5.82 Å². The van der Waals surface area contributed by atoms with E-state index in [0.717, 1.165) is 30.3 Å². The lowest BCUT2D eigenvalue weighted by Gasteiger charge is -2.10. The fraction of sp³-hybridized carbons (Fsp3) is 0.294. The number of nitrogens with one attached hydrogen (secondary N) is 1. The van der Waals surface area contributed by atoms with Crippen molar-refractivity contribution in [1.82, 2.24) is 4.72 Å². The van der Waals surface area contributed by atoms with Crippen LogP contribution in [0, 0.1) is 5.82 Å². The molecule has 0 aliphatic heterocycles. The summed E-state index contributed by atoms with van der Waals surface area (Å²) in [5, 5.41) is 8.66. The minimum atomic E-state index is -4.49. The Labute approximate surface area is 148 Å². The van der Waals surface area contributed by atoms with Crippen molar-refractivity contribution >= 4 is 10.0 Å². The Morgan fingerprint density at radius 1 is 1.00 bits per heavy atom. The number of halogens is 4. The third-order valence-corrected chi connectivity index (χ3v) is 5.11. The lowest BCUT2D eigenvalue weighted by Crippen LogP contribution is -2.25. The maximum absolute atomic E-state index is 14.3. The summed E-state index contributed by atoms with van der Waals surface area (Å²) in [6.07, 6.45) is -3.62. The predicted molar refractivity (Wildman–Crippen MR) is 88.3 cm³/mol. The van der Waals surface area contributed by atoms with Crippen LogP contribution in [0.15, 0.2) is 47.4 Å². The quantitative estimate of drug-likeness (QED) is 0.560. The molecule has 0 radical (unpaired) electrons. The standard InChI is InChI=1S/C17H17F4NO3S/c18-16-11-14(26(24,25)22-9-1-2-10-23)7-8-15(16)12-3-5-13(6-4-12)17(19,20)21/h3-8,11,22-23H,1-2,9-10H2. The van der Waals surface area contributed by atoms with Crippen molar-refractivity contribution < 1.29 is 31.1 Å². The summed E-state index contributed by atoms with van der Waals surface area (Å²) in [4.78, 5) is -0.283. The molecular formula is C17H17F4NO3S. The Hall–Kier alpha value is -1.97. The molecule has 0 atom stereocenters. The van der Waals surface area contributed by atoms with Crippen LogP contribution < -0.4 is 4.72 Å². The van der Waals surface area contributed by atoms with Crippen molar-refractivity contribution in [1.29, 1.82) is 0 Å². The van der Waals surface area contributed by atoms with Gasteiger partial charge in [0.2, 0.25) is 10.0 Å². The van der Waals surface area contributed by atoms with Crippen LogP contribution >= 0.6 is 0 Å². The average molecular weight is 391 g/mol. The van der Waals surface area contributed by atoms with Crippen LogP contribution in [-0.2, 0) is 16.2 Å². The molecule has 2 aromatic carbocycles. The first kappa shape index (κ1) is 20.3. The Kier molecular flexibility index (Phi) is 6.38. The number of rotatable bonds is 7. The van der Waals surface area contributed by atoms with Gasteiger partial charge in [-0.1, -0.05) is 18.2 Å². The molecule has 4 nitrogen and oxygen atoms in total. The number of aliphatic hydroxyl groups excluding tert-OH is 1. The third kappa shape index (κ3) is 5.03. The van der Waals surface area contributed by atoms with E-state index in [1.807, 2.05) is 0 Å². The van der Waals surface area contributed by atoms with Crippen LogP contribution in [-0.4, -0.2) is 26.7 Å². The third-order valence-electron chi connectivity index (χ3n) is 3.65. The minimum absolute atomic E-state index is 0.00189. The molecule has 2 rings (SSSR count). The van der Waals surface area contributed by atoms with Crippen molar-refractivity contribution in [3.63, 3.8) is 0 Å². The highest BCUT2D eigenvalue weighted by Crippen LogP contribution is 2.32. The minimum Gasteiger partial charge on any atom is -0.396 e. The number of aliphatic hydroxyl groups is 1. The number of unbranched alkanes of at least 4 members (excludes halogenated alkanes) is 1. The molecule has 0 amide bonds. The molecule has 0 aliphatic carbocycles. The summed E-state index contributed by atoms with van der Waals surface area (Å²) in [6.45, 7) is 0.0450. The SMILES string of the molecule is O=S(=O)(NCCCCO)c1ccc(-c2ccc(C(F)(F)F)cc2)c(F)c1. The lowest BCUT2D eigenvalue weighted by molar-refractivity contribution is -0.137. The number of sulfonamides is 1. The molecule has 26 heavy (non-hydrogen) atoms. The molecular weight excluding hydrogens is 374 g/mol. The summed E-state index contributed by atoms with van der Waals surface area (Å²) in [5.41, 5.74) is -0.652. The van der Waals surface area contributed by atoms with Gasteiger partial charge in [-0.15, -0.1) is 0 Å². The maximum atomic E-state index is 14.3. The van der Waals surface area contributed by atoms with Crippen LogP contribution in [0.5, 0.6) is 0 Å². The largest absolute Gasteiger partial charge is 0.416 e. The predicted octanol–water partition coefficient (Wildman–Crippen LogP) is 3.56. The van der Waals surface area contributed by atoms with E-state index in [9.17, 15) is 26.0 Å². The zero-order chi connectivity index (χ0) is 19.4. The summed E-state index contributed by atoms with van der Waals surface area (Å²) in [5.74, 6) is -0.858. The van der Waals surface area contributed by atoms with Crippen molar-refractivity contribution in [2.75, 3.05) is 13.2 Å². The molecule has 0 heterocycles. The van der Waals surface area contributed by atoms with Crippen molar-refractivity contribution in [2.24, 2.45) is 0 Å². The number of benzene rings is 2. The van der Waals surface area contributed by atoms with E-state index in [-0.39, 0.29) is 29.2 Å². The smallest absolute Gasteiger partial charge is 0.396 e. The van der Waals surface area contributed by atoms with Gasteiger partial charge in [-0.2, -0.15) is 13.2 Å². The molecule has 0 fully saturated rings. The normalized spacial score (nSPS) is 12.3. The highest BCUT2D eigenvalue weighted by molar-refractivity contribution is 7.89.